The molecule has 0 saturated heterocycles. The van der Waals surface area contributed by atoms with Crippen LogP contribution in [0.2, 0.25) is 0 Å². The number of amides is 1. The third kappa shape index (κ3) is 4.38. The molecule has 10 heteroatoms. The molecule has 0 bridgehead atoms. The van der Waals surface area contributed by atoms with Crippen LogP contribution in [0.15, 0.2) is 18.5 Å². The van der Waals surface area contributed by atoms with Crippen LogP contribution in [-0.4, -0.2) is 32.6 Å². The minimum Gasteiger partial charge on any atom is -0.362 e. The number of anilines is 1. The molecule has 0 spiro atoms. The number of carbonyl (C=O) groups is 1. The smallest absolute Gasteiger partial charge is 0.362 e. The zero-order valence-corrected chi connectivity index (χ0v) is 13.6. The second kappa shape index (κ2) is 6.87. The lowest BCUT2D eigenvalue weighted by Crippen LogP contribution is -2.16. The van der Waals surface area contributed by atoms with E-state index in [2.05, 4.69) is 15.5 Å². The molecule has 1 N–H and O–H groups in total. The van der Waals surface area contributed by atoms with Crippen LogP contribution in [0.3, 0.4) is 0 Å². The second-order valence-corrected chi connectivity index (χ2v) is 5.93. The zero-order chi connectivity index (χ0) is 18.0. The Morgan fingerprint density at radius 1 is 1.44 bits per heavy atom. The molecule has 0 aromatic carbocycles. The Hall–Kier alpha value is -2.36. The van der Waals surface area contributed by atoms with Crippen LogP contribution in [0, 0.1) is 0 Å². The summed E-state index contributed by atoms with van der Waals surface area (Å²) in [6.07, 6.45) is 0.331. The summed E-state index contributed by atoms with van der Waals surface area (Å²) in [4.78, 5) is 12.0. The lowest BCUT2D eigenvalue weighted by atomic mass is 10.2. The highest BCUT2D eigenvalue weighted by Crippen LogP contribution is 2.42. The predicted molar refractivity (Wildman–Crippen MR) is 81.7 cm³/mol. The molecule has 1 fully saturated rings. The molecule has 2 aromatic heterocycles. The van der Waals surface area contributed by atoms with Crippen molar-refractivity contribution in [2.24, 2.45) is 0 Å². The van der Waals surface area contributed by atoms with Gasteiger partial charge in [-0.3, -0.25) is 9.48 Å². The summed E-state index contributed by atoms with van der Waals surface area (Å²) in [6.45, 7) is 0.355. The summed E-state index contributed by atoms with van der Waals surface area (Å²) in [5, 5.41) is 10.3. The number of rotatable bonds is 7. The highest BCUT2D eigenvalue weighted by atomic mass is 19.4. The minimum atomic E-state index is -4.48. The van der Waals surface area contributed by atoms with Gasteiger partial charge in [-0.15, -0.1) is 0 Å². The SMILES string of the molecule is COCn1cc(NC(=O)CCn2nc(C(F)(F)F)cc2C2CC2)cn1. The number of nitrogens with one attached hydrogen (secondary N) is 1. The first-order valence-electron chi connectivity index (χ1n) is 7.83. The standard InChI is InChI=1S/C15H18F3N5O2/c1-25-9-22-8-11(7-19-22)20-14(24)4-5-23-12(10-2-3-10)6-13(21-23)15(16,17)18/h6-8,10H,2-5,9H2,1H3,(H,20,24). The van der Waals surface area contributed by atoms with E-state index >= 15 is 0 Å². The van der Waals surface area contributed by atoms with Crippen molar-refractivity contribution in [1.29, 1.82) is 0 Å². The zero-order valence-electron chi connectivity index (χ0n) is 13.6. The van der Waals surface area contributed by atoms with Crippen molar-refractivity contribution in [3.05, 3.63) is 29.8 Å². The number of methoxy groups -OCH3 is 1. The van der Waals surface area contributed by atoms with Crippen LogP contribution in [0.5, 0.6) is 0 Å². The van der Waals surface area contributed by atoms with E-state index in [9.17, 15) is 18.0 Å². The Balaban J connectivity index is 1.60. The van der Waals surface area contributed by atoms with Gasteiger partial charge in [-0.25, -0.2) is 4.68 Å². The topological polar surface area (TPSA) is 74.0 Å². The lowest BCUT2D eigenvalue weighted by molar-refractivity contribution is -0.141. The van der Waals surface area contributed by atoms with Gasteiger partial charge in [0, 0.05) is 31.7 Å². The summed E-state index contributed by atoms with van der Waals surface area (Å²) in [7, 11) is 1.52. The molecule has 1 aliphatic rings. The summed E-state index contributed by atoms with van der Waals surface area (Å²) in [5.41, 5.74) is 0.143. The molecule has 1 amide bonds. The van der Waals surface area contributed by atoms with E-state index < -0.39 is 11.9 Å². The van der Waals surface area contributed by atoms with Crippen molar-refractivity contribution in [3.63, 3.8) is 0 Å². The van der Waals surface area contributed by atoms with Gasteiger partial charge in [-0.1, -0.05) is 0 Å². The molecule has 2 aromatic rings. The number of alkyl halides is 3. The fourth-order valence-corrected chi connectivity index (χ4v) is 2.52. The van der Waals surface area contributed by atoms with Gasteiger partial charge in [0.2, 0.25) is 5.91 Å². The van der Waals surface area contributed by atoms with Crippen LogP contribution in [0.1, 0.15) is 36.6 Å². The molecule has 7 nitrogen and oxygen atoms in total. The van der Waals surface area contributed by atoms with Gasteiger partial charge in [0.1, 0.15) is 6.73 Å². The number of ether oxygens (including phenoxy) is 1. The first-order chi connectivity index (χ1) is 11.9. The minimum absolute atomic E-state index is 0.0220. The number of hydrogen-bond donors (Lipinski definition) is 1. The van der Waals surface area contributed by atoms with Gasteiger partial charge in [0.15, 0.2) is 5.69 Å². The van der Waals surface area contributed by atoms with E-state index in [0.717, 1.165) is 18.9 Å². The highest BCUT2D eigenvalue weighted by molar-refractivity contribution is 5.90. The van der Waals surface area contributed by atoms with E-state index in [1.165, 1.54) is 22.7 Å². The first kappa shape index (κ1) is 17.5. The monoisotopic (exact) mass is 357 g/mol. The summed E-state index contributed by atoms with van der Waals surface area (Å²) < 4.78 is 46.2. The Bertz CT molecular complexity index is 749. The Labute approximate surface area is 141 Å². The van der Waals surface area contributed by atoms with Gasteiger partial charge >= 0.3 is 6.18 Å². The van der Waals surface area contributed by atoms with E-state index in [-0.39, 0.29) is 31.5 Å². The van der Waals surface area contributed by atoms with Crippen molar-refractivity contribution < 1.29 is 22.7 Å². The number of hydrogen-bond acceptors (Lipinski definition) is 4. The van der Waals surface area contributed by atoms with Gasteiger partial charge in [-0.05, 0) is 18.9 Å². The Kier molecular flexibility index (Phi) is 4.80. The third-order valence-electron chi connectivity index (χ3n) is 3.83. The molecule has 3 rings (SSSR count). The summed E-state index contributed by atoms with van der Waals surface area (Å²) in [5.74, 6) is -0.207. The number of aromatic nitrogens is 4. The first-order valence-corrected chi connectivity index (χ1v) is 7.83. The van der Waals surface area contributed by atoms with Gasteiger partial charge in [-0.2, -0.15) is 23.4 Å². The largest absolute Gasteiger partial charge is 0.435 e. The number of nitrogens with zero attached hydrogens (tertiary/aromatic N) is 4. The van der Waals surface area contributed by atoms with Crippen LogP contribution in [0.25, 0.3) is 0 Å². The average Bonchev–Trinajstić information content (AvgIpc) is 3.13. The number of carbonyl (C=O) groups excluding carboxylic acids is 1. The summed E-state index contributed by atoms with van der Waals surface area (Å²) in [6, 6.07) is 1.09. The lowest BCUT2D eigenvalue weighted by Gasteiger charge is -2.07. The fraction of sp³-hybridized carbons (Fsp3) is 0.533. The van der Waals surface area contributed by atoms with E-state index in [0.29, 0.717) is 11.4 Å². The number of halogens is 3. The van der Waals surface area contributed by atoms with Crippen molar-refractivity contribution in [2.75, 3.05) is 12.4 Å². The van der Waals surface area contributed by atoms with Crippen molar-refractivity contribution in [1.82, 2.24) is 19.6 Å². The normalized spacial score (nSPS) is 14.7. The molecule has 0 aliphatic heterocycles. The second-order valence-electron chi connectivity index (χ2n) is 5.93. The molecule has 0 unspecified atom stereocenters. The molecule has 0 radical (unpaired) electrons. The highest BCUT2D eigenvalue weighted by Gasteiger charge is 2.37. The maximum atomic E-state index is 12.8. The van der Waals surface area contributed by atoms with Crippen LogP contribution in [0.4, 0.5) is 18.9 Å². The predicted octanol–water partition coefficient (Wildman–Crippen LogP) is 2.61. The van der Waals surface area contributed by atoms with Gasteiger partial charge in [0.05, 0.1) is 18.1 Å². The molecule has 1 aliphatic carbocycles. The quantitative estimate of drug-likeness (QED) is 0.827. The van der Waals surface area contributed by atoms with E-state index in [1.807, 2.05) is 0 Å². The van der Waals surface area contributed by atoms with Crippen LogP contribution >= 0.6 is 0 Å². The van der Waals surface area contributed by atoms with E-state index in [4.69, 9.17) is 4.74 Å². The van der Waals surface area contributed by atoms with Gasteiger partial charge in [0.25, 0.3) is 0 Å². The molecule has 1 saturated carbocycles. The fourth-order valence-electron chi connectivity index (χ4n) is 2.52. The molecule has 0 atom stereocenters. The average molecular weight is 357 g/mol. The van der Waals surface area contributed by atoms with Gasteiger partial charge < -0.3 is 10.1 Å². The number of aryl methyl sites for hydroxylation is 1. The Morgan fingerprint density at radius 2 is 2.20 bits per heavy atom. The maximum Gasteiger partial charge on any atom is 0.435 e. The van der Waals surface area contributed by atoms with Crippen LogP contribution < -0.4 is 5.32 Å². The maximum absolute atomic E-state index is 12.8. The van der Waals surface area contributed by atoms with Crippen LogP contribution in [-0.2, 0) is 29.0 Å². The molecule has 2 heterocycles. The van der Waals surface area contributed by atoms with Crippen molar-refractivity contribution in [2.45, 2.75) is 44.6 Å². The Morgan fingerprint density at radius 3 is 2.84 bits per heavy atom. The van der Waals surface area contributed by atoms with Crippen molar-refractivity contribution >= 4 is 11.6 Å². The molecular formula is C15H18F3N5O2. The third-order valence-corrected chi connectivity index (χ3v) is 3.83. The summed E-state index contributed by atoms with van der Waals surface area (Å²) >= 11 is 0. The van der Waals surface area contributed by atoms with Crippen molar-refractivity contribution in [3.8, 4) is 0 Å². The van der Waals surface area contributed by atoms with E-state index in [1.54, 1.807) is 6.20 Å². The molecular weight excluding hydrogens is 339 g/mol. The molecule has 136 valence electrons. The molecule has 25 heavy (non-hydrogen) atoms.